The van der Waals surface area contributed by atoms with Gasteiger partial charge >= 0.3 is 0 Å². The Morgan fingerprint density at radius 3 is 1.84 bits per heavy atom. The van der Waals surface area contributed by atoms with Crippen LogP contribution in [-0.2, 0) is 0 Å². The van der Waals surface area contributed by atoms with Crippen LogP contribution in [0.1, 0.15) is 6.92 Å². The van der Waals surface area contributed by atoms with Gasteiger partial charge in [-0.3, -0.25) is 20.2 Å². The Bertz CT molecular complexity index is 1170. The van der Waals surface area contributed by atoms with Gasteiger partial charge in [-0.25, -0.2) is 0 Å². The molecule has 0 heterocycles. The highest BCUT2D eigenvalue weighted by Crippen LogP contribution is 2.30. The summed E-state index contributed by atoms with van der Waals surface area (Å²) in [5.41, 5.74) is -0.0862. The van der Waals surface area contributed by atoms with Gasteiger partial charge in [0.2, 0.25) is 0 Å². The van der Waals surface area contributed by atoms with Gasteiger partial charge in [-0.05, 0) is 30.7 Å². The molecule has 2 aromatic carbocycles. The van der Waals surface area contributed by atoms with E-state index in [9.17, 15) is 20.2 Å². The van der Waals surface area contributed by atoms with E-state index in [-0.39, 0.29) is 34.2 Å². The average molecular weight is 420 g/mol. The molecule has 0 aromatic heterocycles. The fourth-order valence-corrected chi connectivity index (χ4v) is 2.82. The topological polar surface area (TPSA) is 183 Å². The minimum Gasteiger partial charge on any atom is -0.304 e. The van der Waals surface area contributed by atoms with Gasteiger partial charge in [0.25, 0.3) is 11.4 Å². The number of azo groups is 2. The number of nitro groups is 2. The van der Waals surface area contributed by atoms with Gasteiger partial charge in [0.05, 0.1) is 21.3 Å². The lowest BCUT2D eigenvalue weighted by Crippen LogP contribution is -2.38. The van der Waals surface area contributed by atoms with Gasteiger partial charge in [0, 0.05) is 12.1 Å². The monoisotopic (exact) mass is 420 g/mol. The zero-order valence-electron chi connectivity index (χ0n) is 16.2. The van der Waals surface area contributed by atoms with Crippen molar-refractivity contribution >= 4 is 34.2 Å². The van der Waals surface area contributed by atoms with E-state index in [1.54, 1.807) is 19.1 Å². The number of nitro benzene ring substituents is 2. The molecule has 0 amide bonds. The zero-order chi connectivity index (χ0) is 22.5. The maximum Gasteiger partial charge on any atom is 0.296 e. The van der Waals surface area contributed by atoms with Crippen LogP contribution in [0.3, 0.4) is 0 Å². The van der Waals surface area contributed by atoms with Crippen molar-refractivity contribution in [2.45, 2.75) is 19.0 Å². The molecular formula is C19H16N8O4. The first-order chi connectivity index (χ1) is 14.8. The molecule has 1 aliphatic rings. The second-order valence-corrected chi connectivity index (χ2v) is 6.49. The largest absolute Gasteiger partial charge is 0.304 e. The molecule has 156 valence electrons. The van der Waals surface area contributed by atoms with E-state index < -0.39 is 21.9 Å². The average Bonchev–Trinajstić information content (AvgIpc) is 2.75. The van der Waals surface area contributed by atoms with Crippen molar-refractivity contribution < 1.29 is 9.85 Å². The molecule has 12 heteroatoms. The summed E-state index contributed by atoms with van der Waals surface area (Å²) < 4.78 is 0. The molecule has 0 fully saturated rings. The smallest absolute Gasteiger partial charge is 0.296 e. The molecule has 0 unspecified atom stereocenters. The first-order valence-electron chi connectivity index (χ1n) is 8.93. The molecule has 0 spiro atoms. The van der Waals surface area contributed by atoms with Crippen molar-refractivity contribution in [1.82, 2.24) is 0 Å². The highest BCUT2D eigenvalue weighted by molar-refractivity contribution is 6.20. The third kappa shape index (κ3) is 4.58. The first-order valence-corrected chi connectivity index (χ1v) is 8.93. The van der Waals surface area contributed by atoms with Crippen molar-refractivity contribution in [3.8, 4) is 0 Å². The summed E-state index contributed by atoms with van der Waals surface area (Å²) >= 11 is 0. The Kier molecular flexibility index (Phi) is 6.10. The van der Waals surface area contributed by atoms with Crippen LogP contribution in [0.2, 0.25) is 0 Å². The lowest BCUT2D eigenvalue weighted by molar-refractivity contribution is -0.384. The van der Waals surface area contributed by atoms with Gasteiger partial charge in [-0.1, -0.05) is 24.3 Å². The summed E-state index contributed by atoms with van der Waals surface area (Å²) in [5, 5.41) is 54.7. The molecule has 0 aliphatic heterocycles. The van der Waals surface area contributed by atoms with Crippen LogP contribution in [0.15, 0.2) is 80.6 Å². The number of nitrogens with zero attached hydrogens (tertiary/aromatic N) is 6. The molecule has 2 atom stereocenters. The van der Waals surface area contributed by atoms with Crippen molar-refractivity contribution in [2.75, 3.05) is 0 Å². The predicted octanol–water partition coefficient (Wildman–Crippen LogP) is 5.11. The first kappa shape index (κ1) is 21.2. The van der Waals surface area contributed by atoms with Crippen LogP contribution < -0.4 is 0 Å². The van der Waals surface area contributed by atoms with Gasteiger partial charge in [0.1, 0.15) is 6.04 Å². The minimum absolute atomic E-state index is 0.00149. The van der Waals surface area contributed by atoms with E-state index in [1.807, 2.05) is 0 Å². The molecule has 2 aromatic rings. The zero-order valence-corrected chi connectivity index (χ0v) is 16.2. The van der Waals surface area contributed by atoms with Gasteiger partial charge < -0.3 is 10.8 Å². The van der Waals surface area contributed by atoms with Crippen molar-refractivity contribution in [3.05, 3.63) is 80.4 Å². The van der Waals surface area contributed by atoms with E-state index in [1.165, 1.54) is 42.5 Å². The number of rotatable bonds is 6. The molecule has 1 aliphatic carbocycles. The minimum atomic E-state index is -1.11. The number of hydrogen-bond acceptors (Lipinski definition) is 10. The van der Waals surface area contributed by atoms with Gasteiger partial charge in [-0.2, -0.15) is 10.2 Å². The standard InChI is InChI=1S/C19H16N8O4/c1-11-10-14(24-22-12-6-2-4-8-15(12)26(28)29)18(21)19(17(11)20)25-23-13-7-3-5-9-16(13)27(30)31/h2-10,14,19-21H,1H3/t14-,19-/m1/s1. The lowest BCUT2D eigenvalue weighted by Gasteiger charge is -2.23. The fourth-order valence-electron chi connectivity index (χ4n) is 2.82. The maximum absolute atomic E-state index is 11.1. The second kappa shape index (κ2) is 8.90. The van der Waals surface area contributed by atoms with Gasteiger partial charge in [0.15, 0.2) is 17.4 Å². The number of nitrogens with one attached hydrogen (secondary N) is 2. The fraction of sp³-hybridized carbons (Fsp3) is 0.158. The van der Waals surface area contributed by atoms with E-state index in [0.717, 1.165) is 0 Å². The SMILES string of the molecule is CC1=C[C@@H](N=Nc2ccccc2[N+](=O)[O-])C(=N)[C@H](N=Nc2ccccc2[N+](=O)[O-])C1=N. The molecule has 12 nitrogen and oxygen atoms in total. The molecule has 3 rings (SSSR count). The second-order valence-electron chi connectivity index (χ2n) is 6.49. The molecular weight excluding hydrogens is 404 g/mol. The summed E-state index contributed by atoms with van der Waals surface area (Å²) in [6, 6.07) is 9.52. The Labute approximate surface area is 175 Å². The number of benzene rings is 2. The lowest BCUT2D eigenvalue weighted by atomic mass is 9.89. The quantitative estimate of drug-likeness (QED) is 0.374. The van der Waals surface area contributed by atoms with Crippen molar-refractivity contribution in [2.24, 2.45) is 20.5 Å². The number of para-hydroxylation sites is 2. The molecule has 0 saturated heterocycles. The Balaban J connectivity index is 1.90. The van der Waals surface area contributed by atoms with Crippen LogP contribution in [-0.4, -0.2) is 33.4 Å². The third-order valence-corrected chi connectivity index (χ3v) is 4.45. The molecule has 0 radical (unpaired) electrons. The third-order valence-electron chi connectivity index (χ3n) is 4.45. The molecule has 31 heavy (non-hydrogen) atoms. The Hall–Kier alpha value is -4.48. The summed E-state index contributed by atoms with van der Waals surface area (Å²) in [4.78, 5) is 21.1. The Morgan fingerprint density at radius 1 is 0.839 bits per heavy atom. The molecule has 0 saturated carbocycles. The summed E-state index contributed by atoms with van der Waals surface area (Å²) in [5.74, 6) is 0. The van der Waals surface area contributed by atoms with E-state index in [4.69, 9.17) is 10.8 Å². The van der Waals surface area contributed by atoms with Crippen LogP contribution in [0, 0.1) is 31.0 Å². The summed E-state index contributed by atoms with van der Waals surface area (Å²) in [7, 11) is 0. The summed E-state index contributed by atoms with van der Waals surface area (Å²) in [6.45, 7) is 1.63. The van der Waals surface area contributed by atoms with Crippen LogP contribution >= 0.6 is 0 Å². The predicted molar refractivity (Wildman–Crippen MR) is 112 cm³/mol. The van der Waals surface area contributed by atoms with E-state index >= 15 is 0 Å². The van der Waals surface area contributed by atoms with Crippen molar-refractivity contribution in [1.29, 1.82) is 10.8 Å². The van der Waals surface area contributed by atoms with Crippen LogP contribution in [0.5, 0.6) is 0 Å². The molecule has 2 N–H and O–H groups in total. The van der Waals surface area contributed by atoms with Gasteiger partial charge in [-0.15, -0.1) is 10.2 Å². The Morgan fingerprint density at radius 2 is 1.32 bits per heavy atom. The van der Waals surface area contributed by atoms with E-state index in [0.29, 0.717) is 5.57 Å². The van der Waals surface area contributed by atoms with E-state index in [2.05, 4.69) is 20.5 Å². The highest BCUT2D eigenvalue weighted by Gasteiger charge is 2.32. The normalized spacial score (nSPS) is 19.1. The van der Waals surface area contributed by atoms with Crippen LogP contribution in [0.4, 0.5) is 22.7 Å². The molecule has 0 bridgehead atoms. The van der Waals surface area contributed by atoms with Crippen LogP contribution in [0.25, 0.3) is 0 Å². The van der Waals surface area contributed by atoms with Crippen molar-refractivity contribution in [3.63, 3.8) is 0 Å². The highest BCUT2D eigenvalue weighted by atomic mass is 16.6. The maximum atomic E-state index is 11.1. The summed E-state index contributed by atoms with van der Waals surface area (Å²) in [6.07, 6.45) is 1.53. The number of hydrogen-bond donors (Lipinski definition) is 2.